The average molecular weight is 292 g/mol. The lowest BCUT2D eigenvalue weighted by Gasteiger charge is -2.12. The fourth-order valence-corrected chi connectivity index (χ4v) is 2.92. The minimum Gasteiger partial charge on any atom is -0.264 e. The maximum Gasteiger partial charge on any atom is 0.220 e. The lowest BCUT2D eigenvalue weighted by atomic mass is 9.95. The van der Waals surface area contributed by atoms with Crippen LogP contribution in [0.3, 0.4) is 0 Å². The molecule has 1 aromatic carbocycles. The van der Waals surface area contributed by atoms with Crippen molar-refractivity contribution in [3.05, 3.63) is 59.5 Å². The summed E-state index contributed by atoms with van der Waals surface area (Å²) in [5.74, 6) is 0.458. The van der Waals surface area contributed by atoms with Gasteiger partial charge in [0.05, 0.1) is 12.3 Å². The summed E-state index contributed by atoms with van der Waals surface area (Å²) in [4.78, 5) is 4.21. The topological polar surface area (TPSA) is 16.8 Å². The van der Waals surface area contributed by atoms with Crippen LogP contribution in [0.2, 0.25) is 0 Å². The molecule has 2 heteroatoms. The molecule has 0 unspecified atom stereocenters. The zero-order chi connectivity index (χ0) is 16.7. The summed E-state index contributed by atoms with van der Waals surface area (Å²) >= 11 is 0. The third kappa shape index (κ3) is 2.39. The molecular formula is C20H23N2+. The van der Waals surface area contributed by atoms with Crippen molar-refractivity contribution in [2.45, 2.75) is 33.6 Å². The molecule has 0 radical (unpaired) electrons. The molecule has 2 aromatic heterocycles. The summed E-state index contributed by atoms with van der Waals surface area (Å²) in [6, 6.07) is 9.19. The first-order chi connectivity index (χ1) is 10.9. The van der Waals surface area contributed by atoms with E-state index < -0.39 is 0 Å². The average Bonchev–Trinajstić information content (AvgIpc) is 2.54. The summed E-state index contributed by atoms with van der Waals surface area (Å²) in [7, 11) is 2.04. The van der Waals surface area contributed by atoms with Gasteiger partial charge in [-0.05, 0) is 41.5 Å². The van der Waals surface area contributed by atoms with Crippen molar-refractivity contribution >= 4 is 10.8 Å². The van der Waals surface area contributed by atoms with Gasteiger partial charge in [-0.2, -0.15) is 4.57 Å². The van der Waals surface area contributed by atoms with E-state index in [2.05, 4.69) is 54.6 Å². The van der Waals surface area contributed by atoms with E-state index in [4.69, 9.17) is 1.37 Å². The van der Waals surface area contributed by atoms with Crippen molar-refractivity contribution in [2.24, 2.45) is 7.05 Å². The first-order valence-electron chi connectivity index (χ1n) is 8.25. The van der Waals surface area contributed by atoms with Crippen molar-refractivity contribution in [1.29, 1.82) is 0 Å². The van der Waals surface area contributed by atoms with Crippen LogP contribution < -0.4 is 4.57 Å². The Morgan fingerprint density at radius 1 is 1.18 bits per heavy atom. The van der Waals surface area contributed by atoms with Gasteiger partial charge in [-0.25, -0.2) is 0 Å². The second-order valence-electron chi connectivity index (χ2n) is 6.27. The molecule has 0 aliphatic heterocycles. The fraction of sp³-hybridized carbons (Fsp3) is 0.300. The number of nitrogens with zero attached hydrogens (tertiary/aromatic N) is 2. The molecule has 2 heterocycles. The van der Waals surface area contributed by atoms with Crippen LogP contribution in [0.1, 0.15) is 38.0 Å². The van der Waals surface area contributed by atoms with Gasteiger partial charge >= 0.3 is 0 Å². The highest BCUT2D eigenvalue weighted by Crippen LogP contribution is 2.30. The second kappa shape index (κ2) is 5.53. The van der Waals surface area contributed by atoms with Gasteiger partial charge in [-0.3, -0.25) is 4.98 Å². The van der Waals surface area contributed by atoms with Crippen LogP contribution in [0.15, 0.2) is 42.7 Å². The molecule has 0 N–H and O–H groups in total. The van der Waals surface area contributed by atoms with E-state index in [9.17, 15) is 0 Å². The number of hydrogen-bond donors (Lipinski definition) is 0. The maximum absolute atomic E-state index is 8.55. The van der Waals surface area contributed by atoms with E-state index in [0.29, 0.717) is 12.0 Å². The van der Waals surface area contributed by atoms with Gasteiger partial charge in [0, 0.05) is 25.4 Å². The number of hydrogen-bond acceptors (Lipinski definition) is 1. The van der Waals surface area contributed by atoms with Gasteiger partial charge < -0.3 is 0 Å². The molecule has 0 fully saturated rings. The maximum atomic E-state index is 8.55. The molecule has 0 aliphatic rings. The van der Waals surface area contributed by atoms with E-state index in [1.807, 2.05) is 26.4 Å². The smallest absolute Gasteiger partial charge is 0.220 e. The standard InChI is InChI=1S/C20H23N2/c1-13(2)16-6-7-19-17(11-16)10-15(4)22(5)20(19)18-8-9-21-12-14(18)3/h6-13H,1-5H3/q+1/i10D. The highest BCUT2D eigenvalue weighted by atomic mass is 14.9. The number of aryl methyl sites for hydroxylation is 1. The molecule has 0 saturated heterocycles. The quantitative estimate of drug-likeness (QED) is 0.637. The monoisotopic (exact) mass is 292 g/mol. The van der Waals surface area contributed by atoms with Crippen LogP contribution in [0.25, 0.3) is 22.0 Å². The van der Waals surface area contributed by atoms with Crippen molar-refractivity contribution in [1.82, 2.24) is 4.98 Å². The number of rotatable bonds is 2. The molecule has 0 aliphatic carbocycles. The second-order valence-corrected chi connectivity index (χ2v) is 6.27. The molecule has 22 heavy (non-hydrogen) atoms. The molecule has 112 valence electrons. The van der Waals surface area contributed by atoms with Crippen LogP contribution in [0.5, 0.6) is 0 Å². The molecule has 0 amide bonds. The lowest BCUT2D eigenvalue weighted by molar-refractivity contribution is -0.665. The molecule has 3 aromatic rings. The first-order valence-corrected chi connectivity index (χ1v) is 7.75. The van der Waals surface area contributed by atoms with E-state index in [0.717, 1.165) is 27.7 Å². The lowest BCUT2D eigenvalue weighted by Crippen LogP contribution is -2.35. The van der Waals surface area contributed by atoms with Crippen molar-refractivity contribution in [2.75, 3.05) is 0 Å². The Labute approximate surface area is 133 Å². The molecule has 0 atom stereocenters. The normalized spacial score (nSPS) is 12.0. The number of pyridine rings is 2. The van der Waals surface area contributed by atoms with Gasteiger partial charge in [0.25, 0.3) is 0 Å². The van der Waals surface area contributed by atoms with Crippen LogP contribution in [0, 0.1) is 13.8 Å². The number of aromatic nitrogens is 2. The van der Waals surface area contributed by atoms with E-state index >= 15 is 0 Å². The Balaban J connectivity index is 2.45. The van der Waals surface area contributed by atoms with Gasteiger partial charge in [-0.1, -0.05) is 26.0 Å². The van der Waals surface area contributed by atoms with Crippen LogP contribution in [-0.2, 0) is 7.05 Å². The Kier molecular flexibility index (Phi) is 3.38. The molecule has 0 bridgehead atoms. The van der Waals surface area contributed by atoms with Gasteiger partial charge in [0.15, 0.2) is 5.69 Å². The van der Waals surface area contributed by atoms with Crippen molar-refractivity contribution in [3.63, 3.8) is 0 Å². The van der Waals surface area contributed by atoms with Crippen LogP contribution in [-0.4, -0.2) is 4.98 Å². The highest BCUT2D eigenvalue weighted by molar-refractivity contribution is 5.94. The Bertz CT molecular complexity index is 898. The largest absolute Gasteiger partial charge is 0.264 e. The zero-order valence-corrected chi connectivity index (χ0v) is 13.9. The van der Waals surface area contributed by atoms with E-state index in [1.165, 1.54) is 11.1 Å². The predicted octanol–water partition coefficient (Wildman–Crippen LogP) is 4.47. The third-order valence-corrected chi connectivity index (χ3v) is 4.39. The third-order valence-electron chi connectivity index (χ3n) is 4.39. The Hall–Kier alpha value is -2.22. The van der Waals surface area contributed by atoms with E-state index in [-0.39, 0.29) is 0 Å². The van der Waals surface area contributed by atoms with Gasteiger partial charge in [0.2, 0.25) is 5.69 Å². The van der Waals surface area contributed by atoms with Gasteiger partial charge in [0.1, 0.15) is 7.05 Å². The molecular weight excluding hydrogens is 268 g/mol. The summed E-state index contributed by atoms with van der Waals surface area (Å²) < 4.78 is 10.7. The van der Waals surface area contributed by atoms with Gasteiger partial charge in [-0.15, -0.1) is 0 Å². The summed E-state index contributed by atoms with van der Waals surface area (Å²) in [5.41, 5.74) is 5.73. The molecule has 3 rings (SSSR count). The summed E-state index contributed by atoms with van der Waals surface area (Å²) in [6.45, 7) is 8.48. The summed E-state index contributed by atoms with van der Waals surface area (Å²) in [6.07, 6.45) is 3.73. The number of fused-ring (bicyclic) bond motifs is 1. The Morgan fingerprint density at radius 2 is 1.95 bits per heavy atom. The minimum absolute atomic E-state index is 0.458. The first kappa shape index (κ1) is 13.4. The molecule has 2 nitrogen and oxygen atoms in total. The zero-order valence-electron chi connectivity index (χ0n) is 14.9. The molecule has 0 spiro atoms. The predicted molar refractivity (Wildman–Crippen MR) is 91.9 cm³/mol. The van der Waals surface area contributed by atoms with Crippen molar-refractivity contribution < 1.29 is 5.94 Å². The van der Waals surface area contributed by atoms with Crippen LogP contribution >= 0.6 is 0 Å². The minimum atomic E-state index is 0.458. The number of benzene rings is 1. The fourth-order valence-electron chi connectivity index (χ4n) is 2.92. The summed E-state index contributed by atoms with van der Waals surface area (Å²) in [5, 5.41) is 2.15. The van der Waals surface area contributed by atoms with E-state index in [1.54, 1.807) is 0 Å². The SMILES string of the molecule is [2H]c1c(C)[n+](C)c(-c2ccncc2C)c2ccc(C(C)C)cc12. The molecule has 0 saturated carbocycles. The Morgan fingerprint density at radius 3 is 2.64 bits per heavy atom. The van der Waals surface area contributed by atoms with Crippen molar-refractivity contribution in [3.8, 4) is 11.3 Å². The highest BCUT2D eigenvalue weighted by Gasteiger charge is 2.19. The van der Waals surface area contributed by atoms with Crippen LogP contribution in [0.4, 0.5) is 0 Å².